The van der Waals surface area contributed by atoms with Crippen LogP contribution in [0.2, 0.25) is 0 Å². The van der Waals surface area contributed by atoms with Crippen molar-refractivity contribution in [1.82, 2.24) is 0 Å². The maximum absolute atomic E-state index is 12.3. The molecule has 0 bridgehead atoms. The van der Waals surface area contributed by atoms with Crippen LogP contribution in [0, 0.1) is 0 Å². The SMILES string of the molecule is C\C(=N/N=C\C=C\c1ccco1)C1=C(O)c2ccccc2C1=O. The second-order valence-electron chi connectivity index (χ2n) is 4.92. The van der Waals surface area contributed by atoms with Crippen LogP contribution in [-0.2, 0) is 0 Å². The first-order chi connectivity index (χ1) is 11.2. The standard InChI is InChI=1S/C18H14N2O3/c1-12(20-19-10-4-6-13-7-5-11-23-13)16-17(21)14-8-2-3-9-15(14)18(16)22/h2-11,21H,1H3/b6-4+,19-10-,20-12+. The average Bonchev–Trinajstić information content (AvgIpc) is 3.15. The summed E-state index contributed by atoms with van der Waals surface area (Å²) in [6.45, 7) is 1.64. The molecule has 0 saturated heterocycles. The second kappa shape index (κ2) is 6.27. The van der Waals surface area contributed by atoms with E-state index in [-0.39, 0.29) is 17.1 Å². The van der Waals surface area contributed by atoms with Crippen molar-refractivity contribution >= 4 is 29.5 Å². The quantitative estimate of drug-likeness (QED) is 0.687. The molecule has 3 rings (SSSR count). The molecule has 0 saturated carbocycles. The highest BCUT2D eigenvalue weighted by Gasteiger charge is 2.30. The Bertz CT molecular complexity index is 856. The van der Waals surface area contributed by atoms with Gasteiger partial charge in [-0.3, -0.25) is 4.79 Å². The number of hydrogen-bond donors (Lipinski definition) is 1. The minimum atomic E-state index is -0.235. The van der Waals surface area contributed by atoms with Crippen molar-refractivity contribution in [2.75, 3.05) is 0 Å². The minimum absolute atomic E-state index is 0.0480. The van der Waals surface area contributed by atoms with Gasteiger partial charge < -0.3 is 9.52 Å². The molecule has 1 heterocycles. The third kappa shape index (κ3) is 2.89. The lowest BCUT2D eigenvalue weighted by atomic mass is 10.1. The summed E-state index contributed by atoms with van der Waals surface area (Å²) in [7, 11) is 0. The summed E-state index contributed by atoms with van der Waals surface area (Å²) in [4.78, 5) is 12.3. The van der Waals surface area contributed by atoms with Crippen LogP contribution in [0.5, 0.6) is 0 Å². The van der Waals surface area contributed by atoms with E-state index in [0.29, 0.717) is 22.6 Å². The Morgan fingerprint density at radius 1 is 1.17 bits per heavy atom. The summed E-state index contributed by atoms with van der Waals surface area (Å²) < 4.78 is 5.14. The molecule has 0 radical (unpaired) electrons. The fourth-order valence-corrected chi connectivity index (χ4v) is 2.33. The predicted molar refractivity (Wildman–Crippen MR) is 89.7 cm³/mol. The molecule has 0 fully saturated rings. The first-order valence-electron chi connectivity index (χ1n) is 7.04. The number of fused-ring (bicyclic) bond motifs is 1. The van der Waals surface area contributed by atoms with Crippen molar-refractivity contribution in [2.24, 2.45) is 10.2 Å². The molecule has 1 aromatic carbocycles. The van der Waals surface area contributed by atoms with E-state index in [1.165, 1.54) is 6.21 Å². The Balaban J connectivity index is 1.77. The van der Waals surface area contributed by atoms with Crippen molar-refractivity contribution < 1.29 is 14.3 Å². The first kappa shape index (κ1) is 14.7. The zero-order chi connectivity index (χ0) is 16.2. The maximum Gasteiger partial charge on any atom is 0.199 e. The average molecular weight is 306 g/mol. The molecule has 5 nitrogen and oxygen atoms in total. The van der Waals surface area contributed by atoms with Gasteiger partial charge in [0.15, 0.2) is 5.78 Å². The van der Waals surface area contributed by atoms with E-state index in [1.807, 2.05) is 6.07 Å². The molecule has 1 aliphatic rings. The number of ketones is 1. The number of carbonyl (C=O) groups is 1. The molecule has 114 valence electrons. The lowest BCUT2D eigenvalue weighted by Gasteiger charge is -1.98. The van der Waals surface area contributed by atoms with Crippen LogP contribution in [0.3, 0.4) is 0 Å². The van der Waals surface area contributed by atoms with Crippen molar-refractivity contribution in [3.63, 3.8) is 0 Å². The zero-order valence-electron chi connectivity index (χ0n) is 12.4. The van der Waals surface area contributed by atoms with Crippen molar-refractivity contribution in [3.05, 3.63) is 71.2 Å². The number of aliphatic hydroxyl groups is 1. The normalized spacial score (nSPS) is 15.2. The molecule has 0 atom stereocenters. The summed E-state index contributed by atoms with van der Waals surface area (Å²) in [5, 5.41) is 18.1. The van der Waals surface area contributed by atoms with Gasteiger partial charge in [0.05, 0.1) is 17.5 Å². The largest absolute Gasteiger partial charge is 0.506 e. The molecular formula is C18H14N2O3. The van der Waals surface area contributed by atoms with Gasteiger partial charge in [-0.05, 0) is 31.2 Å². The molecule has 0 amide bonds. The van der Waals surface area contributed by atoms with Gasteiger partial charge in [-0.15, -0.1) is 0 Å². The Morgan fingerprint density at radius 3 is 2.65 bits per heavy atom. The fraction of sp³-hybridized carbons (Fsp3) is 0.0556. The number of allylic oxidation sites excluding steroid dienone is 2. The van der Waals surface area contributed by atoms with Crippen LogP contribution in [0.25, 0.3) is 11.8 Å². The Labute approximate surface area is 133 Å². The van der Waals surface area contributed by atoms with E-state index in [9.17, 15) is 9.90 Å². The molecule has 2 aromatic rings. The highest BCUT2D eigenvalue weighted by Crippen LogP contribution is 2.31. The van der Waals surface area contributed by atoms with Crippen LogP contribution >= 0.6 is 0 Å². The van der Waals surface area contributed by atoms with Crippen LogP contribution in [-0.4, -0.2) is 22.8 Å². The van der Waals surface area contributed by atoms with Gasteiger partial charge in [-0.25, -0.2) is 0 Å². The molecule has 1 aliphatic carbocycles. The highest BCUT2D eigenvalue weighted by molar-refractivity contribution is 6.35. The van der Waals surface area contributed by atoms with Crippen molar-refractivity contribution in [2.45, 2.75) is 6.92 Å². The molecule has 1 aromatic heterocycles. The molecule has 5 heteroatoms. The molecule has 0 unspecified atom stereocenters. The van der Waals surface area contributed by atoms with E-state index < -0.39 is 0 Å². The third-order valence-corrected chi connectivity index (χ3v) is 3.42. The number of carbonyl (C=O) groups excluding carboxylic acids is 1. The predicted octanol–water partition coefficient (Wildman–Crippen LogP) is 3.91. The van der Waals surface area contributed by atoms with Gasteiger partial charge in [-0.1, -0.05) is 24.3 Å². The summed E-state index contributed by atoms with van der Waals surface area (Å²) in [6, 6.07) is 10.5. The smallest absolute Gasteiger partial charge is 0.199 e. The highest BCUT2D eigenvalue weighted by atomic mass is 16.3. The third-order valence-electron chi connectivity index (χ3n) is 3.42. The molecule has 23 heavy (non-hydrogen) atoms. The van der Waals surface area contributed by atoms with E-state index in [2.05, 4.69) is 10.2 Å². The number of aliphatic hydroxyl groups excluding tert-OH is 1. The van der Waals surface area contributed by atoms with Gasteiger partial charge in [0.25, 0.3) is 0 Å². The van der Waals surface area contributed by atoms with Crippen LogP contribution < -0.4 is 0 Å². The lowest BCUT2D eigenvalue weighted by Crippen LogP contribution is -2.07. The fourth-order valence-electron chi connectivity index (χ4n) is 2.33. The van der Waals surface area contributed by atoms with Gasteiger partial charge >= 0.3 is 0 Å². The summed E-state index contributed by atoms with van der Waals surface area (Å²) >= 11 is 0. The lowest BCUT2D eigenvalue weighted by molar-refractivity contribution is 0.104. The van der Waals surface area contributed by atoms with Crippen LogP contribution in [0.4, 0.5) is 0 Å². The van der Waals surface area contributed by atoms with E-state index >= 15 is 0 Å². The topological polar surface area (TPSA) is 75.2 Å². The summed E-state index contributed by atoms with van der Waals surface area (Å²) in [5.41, 5.74) is 1.57. The van der Waals surface area contributed by atoms with E-state index in [0.717, 1.165) is 0 Å². The number of hydrogen-bond acceptors (Lipinski definition) is 5. The number of Topliss-reactive ketones (excluding diaryl/α,β-unsaturated/α-hetero) is 1. The van der Waals surface area contributed by atoms with Crippen molar-refractivity contribution in [3.8, 4) is 0 Å². The van der Waals surface area contributed by atoms with E-state index in [4.69, 9.17) is 4.42 Å². The van der Waals surface area contributed by atoms with Gasteiger partial charge in [0, 0.05) is 17.3 Å². The minimum Gasteiger partial charge on any atom is -0.506 e. The Hall–Kier alpha value is -3.21. The number of rotatable bonds is 4. The van der Waals surface area contributed by atoms with Crippen LogP contribution in [0.15, 0.2) is 68.9 Å². The molecular weight excluding hydrogens is 292 g/mol. The van der Waals surface area contributed by atoms with Crippen LogP contribution in [0.1, 0.15) is 28.6 Å². The Morgan fingerprint density at radius 2 is 1.96 bits per heavy atom. The molecule has 0 spiro atoms. The Kier molecular flexibility index (Phi) is 4.01. The zero-order valence-corrected chi connectivity index (χ0v) is 12.4. The first-order valence-corrected chi connectivity index (χ1v) is 7.04. The second-order valence-corrected chi connectivity index (χ2v) is 4.92. The summed E-state index contributed by atoms with van der Waals surface area (Å²) in [6.07, 6.45) is 6.48. The number of benzene rings is 1. The molecule has 0 aliphatic heterocycles. The maximum atomic E-state index is 12.3. The number of nitrogens with zero attached hydrogens (tertiary/aromatic N) is 2. The number of furan rings is 1. The van der Waals surface area contributed by atoms with E-state index in [1.54, 1.807) is 55.7 Å². The monoisotopic (exact) mass is 306 g/mol. The van der Waals surface area contributed by atoms with Gasteiger partial charge in [0.2, 0.25) is 0 Å². The van der Waals surface area contributed by atoms with Gasteiger partial charge in [-0.2, -0.15) is 10.2 Å². The molecule has 1 N–H and O–H groups in total. The van der Waals surface area contributed by atoms with Gasteiger partial charge in [0.1, 0.15) is 11.5 Å². The summed E-state index contributed by atoms with van der Waals surface area (Å²) in [5.74, 6) is 0.424. The van der Waals surface area contributed by atoms with Crippen molar-refractivity contribution in [1.29, 1.82) is 0 Å².